The Labute approximate surface area is 63.5 Å². The molecule has 0 bridgehead atoms. The average Bonchev–Trinajstić information content (AvgIpc) is 2.06. The van der Waals surface area contributed by atoms with Crippen LogP contribution >= 0.6 is 0 Å². The van der Waals surface area contributed by atoms with Crippen molar-refractivity contribution in [3.05, 3.63) is 24.5 Å². The molecular formula is C7H7NO3. The van der Waals surface area contributed by atoms with Crippen LogP contribution in [0.15, 0.2) is 24.5 Å². The summed E-state index contributed by atoms with van der Waals surface area (Å²) >= 11 is 0. The lowest BCUT2D eigenvalue weighted by Crippen LogP contribution is -2.12. The summed E-state index contributed by atoms with van der Waals surface area (Å²) in [6.45, 7) is -0.616. The van der Waals surface area contributed by atoms with Crippen molar-refractivity contribution >= 4 is 5.97 Å². The molecule has 1 heterocycles. The first-order chi connectivity index (χ1) is 5.33. The van der Waals surface area contributed by atoms with Crippen LogP contribution in [0, 0.1) is 0 Å². The maximum absolute atomic E-state index is 10.5. The largest absolute Gasteiger partial charge is 0.423 e. The van der Waals surface area contributed by atoms with Crippen molar-refractivity contribution in [2.75, 3.05) is 6.61 Å². The zero-order chi connectivity index (χ0) is 8.10. The predicted octanol–water partition coefficient (Wildman–Crippen LogP) is -0.0207. The number of esters is 1. The van der Waals surface area contributed by atoms with E-state index in [4.69, 9.17) is 5.11 Å². The average molecular weight is 153 g/mol. The Balaban J connectivity index is 2.58. The summed E-state index contributed by atoms with van der Waals surface area (Å²) in [5.74, 6) is -0.343. The van der Waals surface area contributed by atoms with Crippen molar-refractivity contribution in [2.24, 2.45) is 0 Å². The third-order valence-corrected chi connectivity index (χ3v) is 0.995. The molecule has 0 saturated carbocycles. The molecular weight excluding hydrogens is 146 g/mol. The topological polar surface area (TPSA) is 59.4 Å². The fraction of sp³-hybridized carbons (Fsp3) is 0.143. The van der Waals surface area contributed by atoms with E-state index in [1.165, 1.54) is 6.20 Å². The van der Waals surface area contributed by atoms with Crippen molar-refractivity contribution in [1.82, 2.24) is 4.98 Å². The molecule has 58 valence electrons. The van der Waals surface area contributed by atoms with E-state index in [2.05, 4.69) is 9.72 Å². The number of carbonyl (C=O) groups excluding carboxylic acids is 1. The van der Waals surface area contributed by atoms with Gasteiger partial charge in [-0.05, 0) is 12.1 Å². The van der Waals surface area contributed by atoms with Crippen LogP contribution in [0.4, 0.5) is 0 Å². The van der Waals surface area contributed by atoms with E-state index in [0.717, 1.165) is 0 Å². The van der Waals surface area contributed by atoms with Crippen molar-refractivity contribution in [3.63, 3.8) is 0 Å². The monoisotopic (exact) mass is 153 g/mol. The number of carbonyl (C=O) groups is 1. The summed E-state index contributed by atoms with van der Waals surface area (Å²) in [5, 5.41) is 8.30. The standard InChI is InChI=1S/C7H7NO3/c9-5-7(10)11-6-2-1-3-8-4-6/h1-4,9H,5H2. The first-order valence-electron chi connectivity index (χ1n) is 3.04. The lowest BCUT2D eigenvalue weighted by atomic mass is 10.5. The van der Waals surface area contributed by atoms with Crippen LogP contribution in [0.2, 0.25) is 0 Å². The molecule has 4 nitrogen and oxygen atoms in total. The molecule has 0 aliphatic heterocycles. The number of pyridine rings is 1. The number of aliphatic hydroxyl groups is 1. The van der Waals surface area contributed by atoms with E-state index in [-0.39, 0.29) is 0 Å². The first kappa shape index (κ1) is 7.68. The minimum Gasteiger partial charge on any atom is -0.423 e. The highest BCUT2D eigenvalue weighted by molar-refractivity contribution is 5.73. The molecule has 11 heavy (non-hydrogen) atoms. The Morgan fingerprint density at radius 1 is 1.73 bits per heavy atom. The van der Waals surface area contributed by atoms with Gasteiger partial charge in [-0.3, -0.25) is 4.98 Å². The number of aliphatic hydroxyl groups excluding tert-OH is 1. The molecule has 1 N–H and O–H groups in total. The van der Waals surface area contributed by atoms with Gasteiger partial charge in [0.2, 0.25) is 0 Å². The van der Waals surface area contributed by atoms with Crippen molar-refractivity contribution < 1.29 is 14.6 Å². The summed E-state index contributed by atoms with van der Waals surface area (Å²) in [5.41, 5.74) is 0. The zero-order valence-corrected chi connectivity index (χ0v) is 5.73. The maximum atomic E-state index is 10.5. The van der Waals surface area contributed by atoms with Crippen molar-refractivity contribution in [1.29, 1.82) is 0 Å². The van der Waals surface area contributed by atoms with E-state index in [9.17, 15) is 4.79 Å². The second-order valence-electron chi connectivity index (χ2n) is 1.82. The van der Waals surface area contributed by atoms with Gasteiger partial charge in [0.05, 0.1) is 6.20 Å². The molecule has 0 aliphatic carbocycles. The smallest absolute Gasteiger partial charge is 0.337 e. The number of nitrogens with zero attached hydrogens (tertiary/aromatic N) is 1. The van der Waals surface area contributed by atoms with Crippen molar-refractivity contribution in [2.45, 2.75) is 0 Å². The Morgan fingerprint density at radius 3 is 3.09 bits per heavy atom. The molecule has 0 aliphatic rings. The summed E-state index contributed by atoms with van der Waals surface area (Å²) in [6.07, 6.45) is 2.96. The summed E-state index contributed by atoms with van der Waals surface area (Å²) < 4.78 is 4.61. The predicted molar refractivity (Wildman–Crippen MR) is 37.0 cm³/mol. The second kappa shape index (κ2) is 3.68. The third kappa shape index (κ3) is 2.35. The molecule has 0 amide bonds. The molecule has 4 heteroatoms. The van der Waals surface area contributed by atoms with Gasteiger partial charge in [-0.1, -0.05) is 0 Å². The van der Waals surface area contributed by atoms with E-state index >= 15 is 0 Å². The van der Waals surface area contributed by atoms with Gasteiger partial charge in [0.15, 0.2) is 0 Å². The van der Waals surface area contributed by atoms with Crippen LogP contribution in [0.1, 0.15) is 0 Å². The van der Waals surface area contributed by atoms with Crippen LogP contribution in [-0.2, 0) is 4.79 Å². The molecule has 0 atom stereocenters. The number of aromatic nitrogens is 1. The second-order valence-corrected chi connectivity index (χ2v) is 1.82. The summed E-state index contributed by atoms with van der Waals surface area (Å²) in [4.78, 5) is 14.2. The lowest BCUT2D eigenvalue weighted by Gasteiger charge is -1.98. The molecule has 0 radical (unpaired) electrons. The number of hydrogen-bond acceptors (Lipinski definition) is 4. The molecule has 1 aromatic rings. The van der Waals surface area contributed by atoms with Gasteiger partial charge < -0.3 is 9.84 Å². The summed E-state index contributed by atoms with van der Waals surface area (Å²) in [6, 6.07) is 3.22. The minimum absolute atomic E-state index is 0.339. The molecule has 1 rings (SSSR count). The van der Waals surface area contributed by atoms with E-state index in [1.54, 1.807) is 18.3 Å². The molecule has 0 fully saturated rings. The Bertz CT molecular complexity index is 235. The molecule has 1 aromatic heterocycles. The molecule has 0 unspecified atom stereocenters. The van der Waals surface area contributed by atoms with Gasteiger partial charge in [-0.15, -0.1) is 0 Å². The van der Waals surface area contributed by atoms with Crippen LogP contribution in [0.25, 0.3) is 0 Å². The third-order valence-electron chi connectivity index (χ3n) is 0.995. The molecule has 0 saturated heterocycles. The zero-order valence-electron chi connectivity index (χ0n) is 5.73. The number of hydrogen-bond donors (Lipinski definition) is 1. The van der Waals surface area contributed by atoms with Gasteiger partial charge in [0, 0.05) is 6.20 Å². The Hall–Kier alpha value is -1.42. The van der Waals surface area contributed by atoms with Crippen LogP contribution in [0.5, 0.6) is 5.75 Å². The van der Waals surface area contributed by atoms with E-state index in [0.29, 0.717) is 5.75 Å². The van der Waals surface area contributed by atoms with Gasteiger partial charge in [-0.2, -0.15) is 0 Å². The fourth-order valence-electron chi connectivity index (χ4n) is 0.571. The van der Waals surface area contributed by atoms with E-state index in [1.807, 2.05) is 0 Å². The van der Waals surface area contributed by atoms with Crippen LogP contribution in [0.3, 0.4) is 0 Å². The first-order valence-corrected chi connectivity index (χ1v) is 3.04. The van der Waals surface area contributed by atoms with Gasteiger partial charge in [0.25, 0.3) is 0 Å². The fourth-order valence-corrected chi connectivity index (χ4v) is 0.571. The van der Waals surface area contributed by atoms with Gasteiger partial charge in [0.1, 0.15) is 12.4 Å². The highest BCUT2D eigenvalue weighted by Gasteiger charge is 2.00. The quantitative estimate of drug-likeness (QED) is 0.606. The van der Waals surface area contributed by atoms with Gasteiger partial charge >= 0.3 is 5.97 Å². The normalized spacial score (nSPS) is 9.18. The lowest BCUT2D eigenvalue weighted by molar-refractivity contribution is -0.137. The molecule has 0 spiro atoms. The summed E-state index contributed by atoms with van der Waals surface area (Å²) in [7, 11) is 0. The highest BCUT2D eigenvalue weighted by atomic mass is 16.5. The maximum Gasteiger partial charge on any atom is 0.337 e. The van der Waals surface area contributed by atoms with Gasteiger partial charge in [-0.25, -0.2) is 4.79 Å². The SMILES string of the molecule is O=C(CO)Oc1cccnc1. The Kier molecular flexibility index (Phi) is 2.57. The Morgan fingerprint density at radius 2 is 2.55 bits per heavy atom. The van der Waals surface area contributed by atoms with Crippen LogP contribution < -0.4 is 4.74 Å². The highest BCUT2D eigenvalue weighted by Crippen LogP contribution is 2.05. The number of ether oxygens (including phenoxy) is 1. The van der Waals surface area contributed by atoms with E-state index < -0.39 is 12.6 Å². The number of rotatable bonds is 2. The van der Waals surface area contributed by atoms with Crippen LogP contribution in [-0.4, -0.2) is 22.7 Å². The minimum atomic E-state index is -0.682. The molecule has 0 aromatic carbocycles. The van der Waals surface area contributed by atoms with Crippen molar-refractivity contribution in [3.8, 4) is 5.75 Å².